The third-order valence-electron chi connectivity index (χ3n) is 4.40. The molecule has 2 heterocycles. The Kier molecular flexibility index (Phi) is 5.21. The number of nitro groups is 1. The topological polar surface area (TPSA) is 114 Å². The van der Waals surface area contributed by atoms with Crippen LogP contribution in [0.25, 0.3) is 17.8 Å². The first-order chi connectivity index (χ1) is 14.0. The van der Waals surface area contributed by atoms with Crippen molar-refractivity contribution in [3.63, 3.8) is 0 Å². The van der Waals surface area contributed by atoms with Gasteiger partial charge in [0.15, 0.2) is 0 Å². The van der Waals surface area contributed by atoms with Crippen LogP contribution in [-0.2, 0) is 6.18 Å². The minimum absolute atomic E-state index is 0.119. The maximum Gasteiger partial charge on any atom is 0.416 e. The molecule has 0 radical (unpaired) electrons. The Morgan fingerprint density at radius 3 is 2.53 bits per heavy atom. The molecule has 0 spiro atoms. The summed E-state index contributed by atoms with van der Waals surface area (Å²) in [5, 5.41) is 20.3. The fourth-order valence-corrected chi connectivity index (χ4v) is 3.06. The number of benzene rings is 1. The summed E-state index contributed by atoms with van der Waals surface area (Å²) in [4.78, 5) is 27.1. The third-order valence-corrected chi connectivity index (χ3v) is 4.40. The Bertz CT molecular complexity index is 1230. The lowest BCUT2D eigenvalue weighted by atomic mass is 10.2. The minimum Gasteiger partial charge on any atom is -0.488 e. The molecule has 0 unspecified atom stereocenters. The molecule has 0 saturated carbocycles. The molecule has 0 fully saturated rings. The number of nitrogens with zero attached hydrogens (tertiary/aromatic N) is 3. The highest BCUT2D eigenvalue weighted by Gasteiger charge is 2.30. The molecular formula is C19H15F3N4O4. The van der Waals surface area contributed by atoms with E-state index in [0.717, 1.165) is 12.1 Å². The zero-order valence-corrected chi connectivity index (χ0v) is 15.7. The van der Waals surface area contributed by atoms with E-state index in [1.54, 1.807) is 30.5 Å². The van der Waals surface area contributed by atoms with Crippen molar-refractivity contribution in [1.82, 2.24) is 14.5 Å². The van der Waals surface area contributed by atoms with Gasteiger partial charge < -0.3 is 14.7 Å². The average Bonchev–Trinajstić information content (AvgIpc) is 2.92. The van der Waals surface area contributed by atoms with Gasteiger partial charge in [-0.25, -0.2) is 0 Å². The van der Waals surface area contributed by atoms with Crippen LogP contribution < -0.4 is 5.56 Å². The van der Waals surface area contributed by atoms with Gasteiger partial charge in [0.2, 0.25) is 0 Å². The Morgan fingerprint density at radius 2 is 1.93 bits per heavy atom. The molecule has 156 valence electrons. The number of halogens is 3. The van der Waals surface area contributed by atoms with Gasteiger partial charge >= 0.3 is 17.4 Å². The summed E-state index contributed by atoms with van der Waals surface area (Å²) in [6, 6.07) is 6.62. The van der Waals surface area contributed by atoms with E-state index in [1.165, 1.54) is 18.2 Å². The van der Waals surface area contributed by atoms with E-state index in [2.05, 4.69) is 9.97 Å². The quantitative estimate of drug-likeness (QED) is 0.490. The lowest BCUT2D eigenvalue weighted by Crippen LogP contribution is -2.14. The third kappa shape index (κ3) is 3.95. The summed E-state index contributed by atoms with van der Waals surface area (Å²) in [6.07, 6.45) is -1.62. The van der Waals surface area contributed by atoms with Crippen LogP contribution in [0.4, 0.5) is 18.9 Å². The van der Waals surface area contributed by atoms with Crippen molar-refractivity contribution in [3.8, 4) is 11.6 Å². The number of hydrogen-bond acceptors (Lipinski definition) is 5. The number of H-pyrrole nitrogens is 1. The predicted molar refractivity (Wildman–Crippen MR) is 102 cm³/mol. The zero-order chi connectivity index (χ0) is 22.2. The van der Waals surface area contributed by atoms with E-state index in [0.29, 0.717) is 22.6 Å². The highest BCUT2D eigenvalue weighted by molar-refractivity contribution is 5.69. The number of aromatic nitrogens is 3. The molecule has 0 aliphatic carbocycles. The van der Waals surface area contributed by atoms with Gasteiger partial charge in [0.25, 0.3) is 5.88 Å². The van der Waals surface area contributed by atoms with E-state index < -0.39 is 33.8 Å². The van der Waals surface area contributed by atoms with Gasteiger partial charge in [0.05, 0.1) is 10.5 Å². The summed E-state index contributed by atoms with van der Waals surface area (Å²) >= 11 is 0. The van der Waals surface area contributed by atoms with Gasteiger partial charge in [-0.1, -0.05) is 6.07 Å². The van der Waals surface area contributed by atoms with Crippen molar-refractivity contribution in [2.75, 3.05) is 0 Å². The molecule has 0 aliphatic heterocycles. The Hall–Kier alpha value is -3.89. The van der Waals surface area contributed by atoms with Crippen LogP contribution in [-0.4, -0.2) is 24.6 Å². The molecule has 2 N–H and O–H groups in total. The largest absolute Gasteiger partial charge is 0.488 e. The maximum absolute atomic E-state index is 13.0. The van der Waals surface area contributed by atoms with E-state index >= 15 is 0 Å². The molecule has 2 aromatic heterocycles. The van der Waals surface area contributed by atoms with E-state index in [4.69, 9.17) is 0 Å². The van der Waals surface area contributed by atoms with Crippen molar-refractivity contribution in [2.45, 2.75) is 20.0 Å². The highest BCUT2D eigenvalue weighted by atomic mass is 19.4. The van der Waals surface area contributed by atoms with Gasteiger partial charge in [-0.15, -0.1) is 0 Å². The molecule has 3 aromatic rings. The fourth-order valence-electron chi connectivity index (χ4n) is 3.06. The van der Waals surface area contributed by atoms with Gasteiger partial charge in [-0.05, 0) is 55.8 Å². The molecule has 0 atom stereocenters. The zero-order valence-electron chi connectivity index (χ0n) is 15.7. The first-order valence-electron chi connectivity index (χ1n) is 8.51. The van der Waals surface area contributed by atoms with Crippen LogP contribution in [0.3, 0.4) is 0 Å². The molecule has 0 aliphatic rings. The SMILES string of the molecule is Cc1cc(C=Cc2nc(O)c([N+](=O)[O-])c(=O)[nH]2)c(C)n1-c1cccc(C(F)(F)F)c1. The second kappa shape index (κ2) is 7.50. The van der Waals surface area contributed by atoms with Crippen LogP contribution >= 0.6 is 0 Å². The smallest absolute Gasteiger partial charge is 0.416 e. The Balaban J connectivity index is 1.99. The summed E-state index contributed by atoms with van der Waals surface area (Å²) in [7, 11) is 0. The molecule has 0 saturated heterocycles. The van der Waals surface area contributed by atoms with Crippen molar-refractivity contribution < 1.29 is 23.2 Å². The fraction of sp³-hybridized carbons (Fsp3) is 0.158. The number of rotatable bonds is 4. The first-order valence-corrected chi connectivity index (χ1v) is 8.51. The molecule has 1 aromatic carbocycles. The number of nitrogens with one attached hydrogen (secondary N) is 1. The second-order valence-corrected chi connectivity index (χ2v) is 6.42. The van der Waals surface area contributed by atoms with Crippen molar-refractivity contribution >= 4 is 17.8 Å². The van der Waals surface area contributed by atoms with Crippen LogP contribution in [0.1, 0.15) is 28.3 Å². The number of hydrogen-bond donors (Lipinski definition) is 2. The second-order valence-electron chi connectivity index (χ2n) is 6.42. The predicted octanol–water partition coefficient (Wildman–Crippen LogP) is 3.98. The lowest BCUT2D eigenvalue weighted by Gasteiger charge is -2.13. The van der Waals surface area contributed by atoms with E-state index in [-0.39, 0.29) is 5.82 Å². The first kappa shape index (κ1) is 20.8. The molecule has 30 heavy (non-hydrogen) atoms. The maximum atomic E-state index is 13.0. The van der Waals surface area contributed by atoms with Gasteiger partial charge in [-0.3, -0.25) is 14.9 Å². The van der Waals surface area contributed by atoms with Crippen LogP contribution in [0.15, 0.2) is 35.1 Å². The molecule has 0 bridgehead atoms. The summed E-state index contributed by atoms with van der Waals surface area (Å²) < 4.78 is 40.7. The van der Waals surface area contributed by atoms with Gasteiger partial charge in [-0.2, -0.15) is 18.2 Å². The molecular weight excluding hydrogens is 405 g/mol. The monoisotopic (exact) mass is 420 g/mol. The van der Waals surface area contributed by atoms with E-state index in [9.17, 15) is 33.2 Å². The normalized spacial score (nSPS) is 11.9. The average molecular weight is 420 g/mol. The molecule has 0 amide bonds. The Labute approximate surface area is 167 Å². The number of alkyl halides is 3. The number of aromatic hydroxyl groups is 1. The van der Waals surface area contributed by atoms with E-state index in [1.807, 2.05) is 0 Å². The molecule has 3 rings (SSSR count). The molecule has 8 nitrogen and oxygen atoms in total. The Morgan fingerprint density at radius 1 is 1.23 bits per heavy atom. The standard InChI is InChI=1S/C19H15F3N4O4/c1-10-8-12(6-7-15-23-17(27)16(26(29)30)18(28)24-15)11(2)25(10)14-5-3-4-13(9-14)19(20,21)22/h3-9H,1-2H3,(H2,23,24,27,28). The highest BCUT2D eigenvalue weighted by Crippen LogP contribution is 2.31. The van der Waals surface area contributed by atoms with Gasteiger partial charge in [0.1, 0.15) is 5.82 Å². The van der Waals surface area contributed by atoms with Crippen LogP contribution in [0.5, 0.6) is 5.88 Å². The molecule has 11 heteroatoms. The van der Waals surface area contributed by atoms with Crippen molar-refractivity contribution in [2.24, 2.45) is 0 Å². The summed E-state index contributed by atoms with van der Waals surface area (Å²) in [5.41, 5.74) is -0.704. The number of aromatic amines is 1. The minimum atomic E-state index is -4.47. The lowest BCUT2D eigenvalue weighted by molar-refractivity contribution is -0.387. The van der Waals surface area contributed by atoms with Crippen LogP contribution in [0, 0.1) is 24.0 Å². The van der Waals surface area contributed by atoms with Gasteiger partial charge in [0, 0.05) is 17.1 Å². The van der Waals surface area contributed by atoms with Crippen LogP contribution in [0.2, 0.25) is 0 Å². The summed E-state index contributed by atoms with van der Waals surface area (Å²) in [5.74, 6) is -1.13. The number of aryl methyl sites for hydroxylation is 1. The van der Waals surface area contributed by atoms with Crippen molar-refractivity contribution in [1.29, 1.82) is 0 Å². The van der Waals surface area contributed by atoms with Crippen molar-refractivity contribution in [3.05, 3.63) is 79.1 Å². The summed E-state index contributed by atoms with van der Waals surface area (Å²) in [6.45, 7) is 3.43.